The van der Waals surface area contributed by atoms with E-state index in [0.717, 1.165) is 23.6 Å². The molecule has 0 atom stereocenters. The third-order valence-corrected chi connectivity index (χ3v) is 2.73. The summed E-state index contributed by atoms with van der Waals surface area (Å²) in [6.07, 6.45) is 5.71. The van der Waals surface area contributed by atoms with Crippen LogP contribution in [0.5, 0.6) is 0 Å². The van der Waals surface area contributed by atoms with E-state index >= 15 is 0 Å². The van der Waals surface area contributed by atoms with Gasteiger partial charge in [-0.3, -0.25) is 0 Å². The number of furan rings is 1. The Labute approximate surface area is 99.5 Å². The summed E-state index contributed by atoms with van der Waals surface area (Å²) in [7, 11) is 0. The second-order valence-corrected chi connectivity index (χ2v) is 4.65. The Balaban J connectivity index is 2.05. The zero-order valence-corrected chi connectivity index (χ0v) is 10.00. The highest BCUT2D eigenvalue weighted by Gasteiger charge is 2.10. The summed E-state index contributed by atoms with van der Waals surface area (Å²) in [6.45, 7) is 5.42. The van der Waals surface area contributed by atoms with Gasteiger partial charge in [-0.05, 0) is 18.1 Å². The smallest absolute Gasteiger partial charge is 0.154 e. The first-order valence-electron chi connectivity index (χ1n) is 5.82. The summed E-state index contributed by atoms with van der Waals surface area (Å²) in [5.74, 6) is 1.43. The maximum absolute atomic E-state index is 5.35. The van der Waals surface area contributed by atoms with E-state index in [1.54, 1.807) is 6.26 Å². The molecule has 0 aliphatic rings. The number of hydrogen-bond donors (Lipinski definition) is 0. The molecular weight excluding hydrogens is 214 g/mol. The van der Waals surface area contributed by atoms with Gasteiger partial charge in [-0.25, -0.2) is 4.52 Å². The predicted octanol–water partition coefficient (Wildman–Crippen LogP) is 3.05. The molecule has 0 aliphatic carbocycles. The van der Waals surface area contributed by atoms with Gasteiger partial charge in [-0.15, -0.1) is 0 Å². The van der Waals surface area contributed by atoms with Gasteiger partial charge in [0.15, 0.2) is 5.76 Å². The lowest BCUT2D eigenvalue weighted by Crippen LogP contribution is -2.02. The Bertz CT molecular complexity index is 616. The lowest BCUT2D eigenvalue weighted by Gasteiger charge is -2.05. The molecule has 0 N–H and O–H groups in total. The molecule has 0 saturated carbocycles. The van der Waals surface area contributed by atoms with Crippen molar-refractivity contribution in [2.45, 2.75) is 20.4 Å². The van der Waals surface area contributed by atoms with Gasteiger partial charge in [0.1, 0.15) is 11.3 Å². The van der Waals surface area contributed by atoms with E-state index in [1.165, 1.54) is 0 Å². The van der Waals surface area contributed by atoms with Crippen LogP contribution in [0.4, 0.5) is 0 Å². The van der Waals surface area contributed by atoms with Crippen LogP contribution in [-0.4, -0.2) is 14.2 Å². The SMILES string of the molecule is CC(C)Cn1ccn2nc(-c3ccco3)cc12. The van der Waals surface area contributed by atoms with Gasteiger partial charge in [0.05, 0.1) is 6.26 Å². The highest BCUT2D eigenvalue weighted by Crippen LogP contribution is 2.20. The molecule has 88 valence electrons. The Morgan fingerprint density at radius 1 is 1.35 bits per heavy atom. The zero-order valence-electron chi connectivity index (χ0n) is 10.00. The quantitative estimate of drug-likeness (QED) is 0.692. The van der Waals surface area contributed by atoms with E-state index in [0.29, 0.717) is 5.92 Å². The Morgan fingerprint density at radius 3 is 2.94 bits per heavy atom. The molecule has 0 fully saturated rings. The van der Waals surface area contributed by atoms with E-state index in [9.17, 15) is 0 Å². The molecule has 0 spiro atoms. The van der Waals surface area contributed by atoms with E-state index in [-0.39, 0.29) is 0 Å². The molecule has 0 unspecified atom stereocenters. The van der Waals surface area contributed by atoms with E-state index in [4.69, 9.17) is 4.42 Å². The second-order valence-electron chi connectivity index (χ2n) is 4.65. The Morgan fingerprint density at radius 2 is 2.24 bits per heavy atom. The number of fused-ring (bicyclic) bond motifs is 1. The number of imidazole rings is 1. The largest absolute Gasteiger partial charge is 0.463 e. The summed E-state index contributed by atoms with van der Waals surface area (Å²) in [5, 5.41) is 4.49. The van der Waals surface area contributed by atoms with Gasteiger partial charge < -0.3 is 8.98 Å². The number of rotatable bonds is 3. The normalized spacial score (nSPS) is 11.7. The molecule has 3 rings (SSSR count). The lowest BCUT2D eigenvalue weighted by atomic mass is 10.2. The van der Waals surface area contributed by atoms with Gasteiger partial charge >= 0.3 is 0 Å². The molecule has 17 heavy (non-hydrogen) atoms. The van der Waals surface area contributed by atoms with Crippen molar-refractivity contribution < 1.29 is 4.42 Å². The van der Waals surface area contributed by atoms with Crippen molar-refractivity contribution in [3.63, 3.8) is 0 Å². The van der Waals surface area contributed by atoms with Crippen LogP contribution < -0.4 is 0 Å². The lowest BCUT2D eigenvalue weighted by molar-refractivity contribution is 0.533. The number of hydrogen-bond acceptors (Lipinski definition) is 2. The molecule has 0 bridgehead atoms. The molecule has 0 amide bonds. The van der Waals surface area contributed by atoms with Crippen molar-refractivity contribution in [1.82, 2.24) is 14.2 Å². The standard InChI is InChI=1S/C13H15N3O/c1-10(2)9-15-5-6-16-13(15)8-11(14-16)12-4-3-7-17-12/h3-8,10H,9H2,1-2H3. The first kappa shape index (κ1) is 10.2. The fourth-order valence-corrected chi connectivity index (χ4v) is 2.02. The van der Waals surface area contributed by atoms with Gasteiger partial charge in [-0.2, -0.15) is 5.10 Å². The van der Waals surface area contributed by atoms with Crippen molar-refractivity contribution in [2.75, 3.05) is 0 Å². The van der Waals surface area contributed by atoms with Gasteiger partial charge in [0, 0.05) is 25.0 Å². The van der Waals surface area contributed by atoms with E-state index in [1.807, 2.05) is 22.8 Å². The van der Waals surface area contributed by atoms with Crippen LogP contribution in [0.1, 0.15) is 13.8 Å². The highest BCUT2D eigenvalue weighted by molar-refractivity contribution is 5.59. The van der Waals surface area contributed by atoms with Crippen LogP contribution in [0.3, 0.4) is 0 Å². The minimum atomic E-state index is 0.619. The minimum Gasteiger partial charge on any atom is -0.463 e. The first-order chi connectivity index (χ1) is 8.24. The fraction of sp³-hybridized carbons (Fsp3) is 0.308. The summed E-state index contributed by atoms with van der Waals surface area (Å²) in [6, 6.07) is 5.86. The van der Waals surface area contributed by atoms with Crippen LogP contribution >= 0.6 is 0 Å². The number of nitrogens with zero attached hydrogens (tertiary/aromatic N) is 3. The van der Waals surface area contributed by atoms with E-state index in [2.05, 4.69) is 35.8 Å². The average molecular weight is 229 g/mol. The molecular formula is C13H15N3O. The topological polar surface area (TPSA) is 35.4 Å². The third-order valence-electron chi connectivity index (χ3n) is 2.73. The maximum Gasteiger partial charge on any atom is 0.154 e. The van der Waals surface area contributed by atoms with Crippen molar-refractivity contribution >= 4 is 5.65 Å². The fourth-order valence-electron chi connectivity index (χ4n) is 2.02. The summed E-state index contributed by atoms with van der Waals surface area (Å²) in [5.41, 5.74) is 1.98. The summed E-state index contributed by atoms with van der Waals surface area (Å²) < 4.78 is 9.46. The van der Waals surface area contributed by atoms with Gasteiger partial charge in [0.2, 0.25) is 0 Å². The van der Waals surface area contributed by atoms with Crippen molar-refractivity contribution in [2.24, 2.45) is 5.92 Å². The van der Waals surface area contributed by atoms with Crippen molar-refractivity contribution in [3.05, 3.63) is 36.9 Å². The number of aromatic nitrogens is 3. The van der Waals surface area contributed by atoms with Crippen molar-refractivity contribution in [3.8, 4) is 11.5 Å². The second kappa shape index (κ2) is 3.80. The molecule has 0 saturated heterocycles. The Hall–Kier alpha value is -1.97. The van der Waals surface area contributed by atoms with Crippen LogP contribution in [0.25, 0.3) is 17.1 Å². The maximum atomic E-state index is 5.35. The van der Waals surface area contributed by atoms with Crippen LogP contribution in [0, 0.1) is 5.92 Å². The molecule has 4 nitrogen and oxygen atoms in total. The average Bonchev–Trinajstić information content (AvgIpc) is 2.93. The minimum absolute atomic E-state index is 0.619. The van der Waals surface area contributed by atoms with Crippen molar-refractivity contribution in [1.29, 1.82) is 0 Å². The highest BCUT2D eigenvalue weighted by atomic mass is 16.3. The third kappa shape index (κ3) is 1.75. The molecule has 0 aromatic carbocycles. The van der Waals surface area contributed by atoms with E-state index < -0.39 is 0 Å². The summed E-state index contributed by atoms with van der Waals surface area (Å²) in [4.78, 5) is 0. The summed E-state index contributed by atoms with van der Waals surface area (Å²) >= 11 is 0. The monoisotopic (exact) mass is 229 g/mol. The predicted molar refractivity (Wildman–Crippen MR) is 65.7 cm³/mol. The molecule has 3 aromatic rings. The molecule has 3 aromatic heterocycles. The zero-order chi connectivity index (χ0) is 11.8. The molecule has 0 radical (unpaired) electrons. The van der Waals surface area contributed by atoms with Crippen LogP contribution in [0.15, 0.2) is 41.3 Å². The molecule has 3 heterocycles. The van der Waals surface area contributed by atoms with Gasteiger partial charge in [-0.1, -0.05) is 13.8 Å². The van der Waals surface area contributed by atoms with Gasteiger partial charge in [0.25, 0.3) is 0 Å². The van der Waals surface area contributed by atoms with Crippen LogP contribution in [0.2, 0.25) is 0 Å². The molecule has 4 heteroatoms. The Kier molecular flexibility index (Phi) is 2.28. The molecule has 0 aliphatic heterocycles. The van der Waals surface area contributed by atoms with Crippen LogP contribution in [-0.2, 0) is 6.54 Å². The first-order valence-corrected chi connectivity index (χ1v) is 5.82.